The van der Waals surface area contributed by atoms with Crippen LogP contribution in [0.15, 0.2) is 70.1 Å². The Morgan fingerprint density at radius 1 is 1.05 bits per heavy atom. The van der Waals surface area contributed by atoms with E-state index in [1.165, 1.54) is 0 Å². The first-order valence-electron chi connectivity index (χ1n) is 6.22. The molecule has 0 N–H and O–H groups in total. The smallest absolute Gasteiger partial charge is 0.246 e. The Labute approximate surface area is 130 Å². The van der Waals surface area contributed by atoms with Gasteiger partial charge in [0, 0.05) is 21.5 Å². The predicted octanol–water partition coefficient (Wildman–Crippen LogP) is 4.93. The van der Waals surface area contributed by atoms with Crippen molar-refractivity contribution in [2.45, 2.75) is 4.90 Å². The molecule has 0 spiro atoms. The Morgan fingerprint density at radius 2 is 1.76 bits per heavy atom. The summed E-state index contributed by atoms with van der Waals surface area (Å²) in [5.74, 6) is 0.579. The minimum Gasteiger partial charge on any atom is -0.356 e. The van der Waals surface area contributed by atoms with E-state index in [1.807, 2.05) is 30.3 Å². The van der Waals surface area contributed by atoms with E-state index in [0.29, 0.717) is 16.5 Å². The van der Waals surface area contributed by atoms with Crippen molar-refractivity contribution in [3.8, 4) is 11.3 Å². The number of benzene rings is 2. The van der Waals surface area contributed by atoms with Crippen molar-refractivity contribution in [3.05, 3.63) is 71.4 Å². The number of nitrogens with zero attached hydrogens (tertiary/aromatic N) is 1. The largest absolute Gasteiger partial charge is 0.356 e. The van der Waals surface area contributed by atoms with Crippen LogP contribution in [0.2, 0.25) is 5.02 Å². The van der Waals surface area contributed by atoms with E-state index in [4.69, 9.17) is 16.1 Å². The average Bonchev–Trinajstić information content (AvgIpc) is 3.00. The minimum absolute atomic E-state index is 0.164. The van der Waals surface area contributed by atoms with Gasteiger partial charge in [0.05, 0.1) is 0 Å². The molecule has 0 aliphatic rings. The fraction of sp³-hybridized carbons (Fsp3) is 0. The highest BCUT2D eigenvalue weighted by Gasteiger charge is 2.15. The van der Waals surface area contributed by atoms with Gasteiger partial charge in [-0.3, -0.25) is 4.79 Å². The highest BCUT2D eigenvalue weighted by molar-refractivity contribution is 8.14. The fourth-order valence-corrected chi connectivity index (χ4v) is 2.58. The summed E-state index contributed by atoms with van der Waals surface area (Å²) in [6, 6.07) is 18.3. The van der Waals surface area contributed by atoms with Gasteiger partial charge in [0.15, 0.2) is 11.5 Å². The van der Waals surface area contributed by atoms with Gasteiger partial charge in [0.25, 0.3) is 0 Å². The number of hydrogen-bond acceptors (Lipinski definition) is 4. The van der Waals surface area contributed by atoms with Crippen molar-refractivity contribution >= 4 is 28.5 Å². The van der Waals surface area contributed by atoms with Crippen molar-refractivity contribution in [1.82, 2.24) is 5.16 Å². The Bertz CT molecular complexity index is 753. The summed E-state index contributed by atoms with van der Waals surface area (Å²) in [5.41, 5.74) is 1.19. The first kappa shape index (κ1) is 13.9. The molecule has 3 rings (SSSR count). The molecular weight excluding hydrogens is 306 g/mol. The summed E-state index contributed by atoms with van der Waals surface area (Å²) in [6.45, 7) is 0. The lowest BCUT2D eigenvalue weighted by molar-refractivity contribution is 0.108. The van der Waals surface area contributed by atoms with Gasteiger partial charge in [0.2, 0.25) is 5.12 Å². The third-order valence-electron chi connectivity index (χ3n) is 2.80. The van der Waals surface area contributed by atoms with Crippen molar-refractivity contribution in [3.63, 3.8) is 0 Å². The second kappa shape index (κ2) is 6.16. The number of halogens is 1. The van der Waals surface area contributed by atoms with Crippen LogP contribution in [-0.4, -0.2) is 10.3 Å². The molecule has 3 nitrogen and oxygen atoms in total. The monoisotopic (exact) mass is 315 g/mol. The van der Waals surface area contributed by atoms with Gasteiger partial charge in [-0.2, -0.15) is 0 Å². The van der Waals surface area contributed by atoms with Crippen molar-refractivity contribution in [2.24, 2.45) is 0 Å². The number of carbonyl (C=O) groups is 1. The predicted molar refractivity (Wildman–Crippen MR) is 83.6 cm³/mol. The standard InChI is InChI=1S/C16H10ClNO2S/c17-12-6-8-13(9-7-12)21-16(19)14-10-15(20-18-14)11-4-2-1-3-5-11/h1-10H. The van der Waals surface area contributed by atoms with Crippen LogP contribution in [0.4, 0.5) is 0 Å². The maximum absolute atomic E-state index is 12.2. The fourth-order valence-electron chi connectivity index (χ4n) is 1.77. The number of hydrogen-bond donors (Lipinski definition) is 0. The Kier molecular flexibility index (Phi) is 4.08. The molecule has 0 unspecified atom stereocenters. The van der Waals surface area contributed by atoms with E-state index < -0.39 is 0 Å². The van der Waals surface area contributed by atoms with E-state index in [-0.39, 0.29) is 5.12 Å². The van der Waals surface area contributed by atoms with Crippen LogP contribution in [0.25, 0.3) is 11.3 Å². The molecule has 3 aromatic rings. The summed E-state index contributed by atoms with van der Waals surface area (Å²) in [4.78, 5) is 13.0. The molecule has 5 heteroatoms. The second-order valence-corrected chi connectivity index (χ2v) is 5.77. The molecule has 0 amide bonds. The van der Waals surface area contributed by atoms with Gasteiger partial charge in [-0.1, -0.05) is 47.1 Å². The summed E-state index contributed by atoms with van der Waals surface area (Å²) in [6.07, 6.45) is 0. The number of carbonyl (C=O) groups excluding carboxylic acids is 1. The molecule has 0 atom stereocenters. The van der Waals surface area contributed by atoms with Gasteiger partial charge in [-0.05, 0) is 36.0 Å². The van der Waals surface area contributed by atoms with E-state index >= 15 is 0 Å². The lowest BCUT2D eigenvalue weighted by atomic mass is 10.2. The van der Waals surface area contributed by atoms with Gasteiger partial charge >= 0.3 is 0 Å². The lowest BCUT2D eigenvalue weighted by Gasteiger charge is -1.97. The minimum atomic E-state index is -0.164. The molecular formula is C16H10ClNO2S. The zero-order valence-electron chi connectivity index (χ0n) is 10.8. The third-order valence-corrected chi connectivity index (χ3v) is 3.96. The maximum atomic E-state index is 12.2. The Balaban J connectivity index is 1.77. The van der Waals surface area contributed by atoms with Crippen LogP contribution in [0, 0.1) is 0 Å². The molecule has 1 aromatic heterocycles. The summed E-state index contributed by atoms with van der Waals surface area (Å²) >= 11 is 6.91. The van der Waals surface area contributed by atoms with E-state index in [1.54, 1.807) is 30.3 Å². The first-order valence-corrected chi connectivity index (χ1v) is 7.42. The Hall–Kier alpha value is -2.04. The SMILES string of the molecule is O=C(Sc1ccc(Cl)cc1)c1cc(-c2ccccc2)on1. The summed E-state index contributed by atoms with van der Waals surface area (Å²) in [7, 11) is 0. The molecule has 21 heavy (non-hydrogen) atoms. The number of thioether (sulfide) groups is 1. The molecule has 0 radical (unpaired) electrons. The molecule has 0 saturated heterocycles. The number of aromatic nitrogens is 1. The molecule has 2 aromatic carbocycles. The molecule has 1 heterocycles. The second-order valence-electron chi connectivity index (χ2n) is 4.29. The van der Waals surface area contributed by atoms with Gasteiger partial charge in [0.1, 0.15) is 0 Å². The van der Waals surface area contributed by atoms with Crippen LogP contribution in [-0.2, 0) is 0 Å². The third kappa shape index (κ3) is 3.35. The van der Waals surface area contributed by atoms with Gasteiger partial charge in [-0.25, -0.2) is 0 Å². The number of rotatable bonds is 3. The van der Waals surface area contributed by atoms with Crippen LogP contribution in [0.5, 0.6) is 0 Å². The molecule has 0 aliphatic heterocycles. The van der Waals surface area contributed by atoms with Crippen LogP contribution in [0.1, 0.15) is 10.5 Å². The zero-order valence-corrected chi connectivity index (χ0v) is 12.4. The quantitative estimate of drug-likeness (QED) is 0.643. The summed E-state index contributed by atoms with van der Waals surface area (Å²) < 4.78 is 5.22. The molecule has 104 valence electrons. The lowest BCUT2D eigenvalue weighted by Crippen LogP contribution is -1.92. The van der Waals surface area contributed by atoms with Crippen molar-refractivity contribution in [2.75, 3.05) is 0 Å². The van der Waals surface area contributed by atoms with Gasteiger partial charge < -0.3 is 4.52 Å². The van der Waals surface area contributed by atoms with Crippen LogP contribution in [0.3, 0.4) is 0 Å². The normalized spacial score (nSPS) is 10.5. The maximum Gasteiger partial charge on any atom is 0.246 e. The first-order chi connectivity index (χ1) is 10.2. The van der Waals surface area contributed by atoms with E-state index in [0.717, 1.165) is 22.2 Å². The Morgan fingerprint density at radius 3 is 2.48 bits per heavy atom. The van der Waals surface area contributed by atoms with Gasteiger partial charge in [-0.15, -0.1) is 0 Å². The van der Waals surface area contributed by atoms with Crippen LogP contribution >= 0.6 is 23.4 Å². The highest BCUT2D eigenvalue weighted by Crippen LogP contribution is 2.26. The molecule has 0 fully saturated rings. The molecule has 0 aliphatic carbocycles. The molecule has 0 bridgehead atoms. The van der Waals surface area contributed by atoms with Crippen molar-refractivity contribution in [1.29, 1.82) is 0 Å². The van der Waals surface area contributed by atoms with Crippen LogP contribution < -0.4 is 0 Å². The van der Waals surface area contributed by atoms with E-state index in [9.17, 15) is 4.79 Å². The average molecular weight is 316 g/mol. The molecule has 0 saturated carbocycles. The highest BCUT2D eigenvalue weighted by atomic mass is 35.5. The van der Waals surface area contributed by atoms with Crippen molar-refractivity contribution < 1.29 is 9.32 Å². The zero-order chi connectivity index (χ0) is 14.7. The van der Waals surface area contributed by atoms with E-state index in [2.05, 4.69) is 5.16 Å². The topological polar surface area (TPSA) is 43.1 Å². The summed E-state index contributed by atoms with van der Waals surface area (Å²) in [5, 5.41) is 4.31.